The molecule has 0 amide bonds. The molecule has 0 spiro atoms. The Labute approximate surface area is 106 Å². The van der Waals surface area contributed by atoms with Crippen molar-refractivity contribution in [2.45, 2.75) is 13.8 Å². The predicted octanol–water partition coefficient (Wildman–Crippen LogP) is 3.76. The zero-order chi connectivity index (χ0) is 12.3. The molecule has 0 bridgehead atoms. The van der Waals surface area contributed by atoms with Crippen molar-refractivity contribution < 1.29 is 14.3 Å². The molecule has 0 unspecified atom stereocenters. The van der Waals surface area contributed by atoms with E-state index in [0.717, 1.165) is 5.56 Å². The fourth-order valence-corrected chi connectivity index (χ4v) is 1.70. The Morgan fingerprint density at radius 2 is 1.78 bits per heavy atom. The van der Waals surface area contributed by atoms with E-state index in [0.29, 0.717) is 11.1 Å². The van der Waals surface area contributed by atoms with Crippen LogP contribution in [-0.4, -0.2) is 11.1 Å². The molecular formula is C15H15FO2. The second-order valence-electron chi connectivity index (χ2n) is 3.75. The molecule has 0 aliphatic carbocycles. The Hall–Kier alpha value is -2.16. The average molecular weight is 246 g/mol. The van der Waals surface area contributed by atoms with E-state index in [2.05, 4.69) is 0 Å². The lowest BCUT2D eigenvalue weighted by atomic mass is 10.0. The van der Waals surface area contributed by atoms with E-state index in [9.17, 15) is 9.18 Å². The van der Waals surface area contributed by atoms with E-state index in [1.165, 1.54) is 6.07 Å². The first-order valence-electron chi connectivity index (χ1n) is 5.22. The van der Waals surface area contributed by atoms with Gasteiger partial charge >= 0.3 is 5.97 Å². The minimum Gasteiger partial charge on any atom is -0.481 e. The van der Waals surface area contributed by atoms with E-state index in [4.69, 9.17) is 5.11 Å². The van der Waals surface area contributed by atoms with Gasteiger partial charge in [0.15, 0.2) is 0 Å². The topological polar surface area (TPSA) is 37.3 Å². The predicted molar refractivity (Wildman–Crippen MR) is 69.9 cm³/mol. The molecule has 0 aliphatic heterocycles. The fourth-order valence-electron chi connectivity index (χ4n) is 1.70. The van der Waals surface area contributed by atoms with Crippen LogP contribution in [0.4, 0.5) is 4.39 Å². The summed E-state index contributed by atoms with van der Waals surface area (Å²) in [6.07, 6.45) is -0.161. The molecule has 0 radical (unpaired) electrons. The molecule has 0 saturated carbocycles. The van der Waals surface area contributed by atoms with Crippen LogP contribution in [-0.2, 0) is 11.2 Å². The van der Waals surface area contributed by atoms with Gasteiger partial charge in [0.05, 0.1) is 6.42 Å². The van der Waals surface area contributed by atoms with Gasteiger partial charge in [-0.25, -0.2) is 4.39 Å². The summed E-state index contributed by atoms with van der Waals surface area (Å²) < 4.78 is 13.8. The Morgan fingerprint density at radius 1 is 1.11 bits per heavy atom. The number of carboxylic acids is 1. The summed E-state index contributed by atoms with van der Waals surface area (Å²) in [6, 6.07) is 13.7. The first-order chi connectivity index (χ1) is 8.16. The van der Waals surface area contributed by atoms with Crippen molar-refractivity contribution >= 4 is 5.97 Å². The van der Waals surface area contributed by atoms with Crippen LogP contribution in [0.15, 0.2) is 48.5 Å². The third-order valence-electron chi connectivity index (χ3n) is 2.47. The molecule has 2 nitrogen and oxygen atoms in total. The van der Waals surface area contributed by atoms with Crippen molar-refractivity contribution in [2.24, 2.45) is 0 Å². The summed E-state index contributed by atoms with van der Waals surface area (Å²) in [6.45, 7) is 0. The van der Waals surface area contributed by atoms with Crippen molar-refractivity contribution in [1.29, 1.82) is 0 Å². The second kappa shape index (κ2) is 5.96. The minimum absolute atomic E-state index is 0. The monoisotopic (exact) mass is 246 g/mol. The lowest BCUT2D eigenvalue weighted by Crippen LogP contribution is -2.00. The first-order valence-corrected chi connectivity index (χ1v) is 5.22. The number of carbonyl (C=O) groups is 1. The molecule has 1 N–H and O–H groups in total. The van der Waals surface area contributed by atoms with Gasteiger partial charge < -0.3 is 5.11 Å². The summed E-state index contributed by atoms with van der Waals surface area (Å²) in [4.78, 5) is 10.5. The summed E-state index contributed by atoms with van der Waals surface area (Å²) in [5.74, 6) is -1.35. The van der Waals surface area contributed by atoms with Crippen LogP contribution >= 0.6 is 0 Å². The summed E-state index contributed by atoms with van der Waals surface area (Å²) in [5, 5.41) is 8.62. The summed E-state index contributed by atoms with van der Waals surface area (Å²) >= 11 is 0. The van der Waals surface area contributed by atoms with Crippen LogP contribution < -0.4 is 0 Å². The van der Waals surface area contributed by atoms with E-state index in [1.54, 1.807) is 12.1 Å². The molecule has 0 heterocycles. The number of carboxylic acid groups (broad SMARTS) is 1. The van der Waals surface area contributed by atoms with Gasteiger partial charge in [-0.15, -0.1) is 0 Å². The van der Waals surface area contributed by atoms with Gasteiger partial charge in [-0.1, -0.05) is 49.9 Å². The van der Waals surface area contributed by atoms with Gasteiger partial charge in [0, 0.05) is 5.56 Å². The van der Waals surface area contributed by atoms with Gasteiger partial charge in [0.25, 0.3) is 0 Å². The largest absolute Gasteiger partial charge is 0.481 e. The highest BCUT2D eigenvalue weighted by molar-refractivity contribution is 5.71. The third-order valence-corrected chi connectivity index (χ3v) is 2.47. The highest BCUT2D eigenvalue weighted by Crippen LogP contribution is 2.23. The van der Waals surface area contributed by atoms with Gasteiger partial charge in [0.2, 0.25) is 0 Å². The number of halogens is 1. The quantitative estimate of drug-likeness (QED) is 0.895. The molecule has 3 heteroatoms. The zero-order valence-electron chi connectivity index (χ0n) is 9.06. The SMILES string of the molecule is C.O=C(O)Cc1ccc(-c2ccccc2)c(F)c1. The standard InChI is InChI=1S/C14H11FO2.CH4/c15-13-8-10(9-14(16)17)6-7-12(13)11-4-2-1-3-5-11;/h1-8H,9H2,(H,16,17);1H4. The molecule has 2 aromatic carbocycles. The van der Waals surface area contributed by atoms with Gasteiger partial charge in [-0.2, -0.15) is 0 Å². The molecule has 18 heavy (non-hydrogen) atoms. The number of benzene rings is 2. The minimum atomic E-state index is -0.961. The first kappa shape index (κ1) is 13.9. The van der Waals surface area contributed by atoms with Crippen LogP contribution in [0.3, 0.4) is 0 Å². The number of hydrogen-bond acceptors (Lipinski definition) is 1. The van der Waals surface area contributed by atoms with E-state index >= 15 is 0 Å². The summed E-state index contributed by atoms with van der Waals surface area (Å²) in [7, 11) is 0. The Morgan fingerprint density at radius 3 is 2.33 bits per heavy atom. The van der Waals surface area contributed by atoms with Crippen LogP contribution in [0.5, 0.6) is 0 Å². The second-order valence-corrected chi connectivity index (χ2v) is 3.75. The van der Waals surface area contributed by atoms with Crippen LogP contribution in [0.25, 0.3) is 11.1 Å². The molecule has 0 fully saturated rings. The van der Waals surface area contributed by atoms with Crippen LogP contribution in [0.2, 0.25) is 0 Å². The fraction of sp³-hybridized carbons (Fsp3) is 0.133. The van der Waals surface area contributed by atoms with Crippen molar-refractivity contribution in [1.82, 2.24) is 0 Å². The molecule has 2 aromatic rings. The molecular weight excluding hydrogens is 231 g/mol. The zero-order valence-corrected chi connectivity index (χ0v) is 9.06. The van der Waals surface area contributed by atoms with Gasteiger partial charge in [-0.05, 0) is 17.2 Å². The third kappa shape index (κ3) is 3.17. The smallest absolute Gasteiger partial charge is 0.307 e. The highest BCUT2D eigenvalue weighted by atomic mass is 19.1. The van der Waals surface area contributed by atoms with Crippen LogP contribution in [0, 0.1) is 5.82 Å². The average Bonchev–Trinajstić information content (AvgIpc) is 2.29. The Kier molecular flexibility index (Phi) is 4.60. The van der Waals surface area contributed by atoms with Gasteiger partial charge in [-0.3, -0.25) is 4.79 Å². The number of rotatable bonds is 3. The van der Waals surface area contributed by atoms with E-state index in [1.807, 2.05) is 30.3 Å². The van der Waals surface area contributed by atoms with Crippen LogP contribution in [0.1, 0.15) is 13.0 Å². The van der Waals surface area contributed by atoms with Crippen molar-refractivity contribution in [3.8, 4) is 11.1 Å². The molecule has 94 valence electrons. The molecule has 0 atom stereocenters. The number of aliphatic carboxylic acids is 1. The van der Waals surface area contributed by atoms with E-state index < -0.39 is 11.8 Å². The number of hydrogen-bond donors (Lipinski definition) is 1. The molecule has 0 saturated heterocycles. The summed E-state index contributed by atoms with van der Waals surface area (Å²) in [5.41, 5.74) is 1.74. The maximum absolute atomic E-state index is 13.8. The Bertz CT molecular complexity index is 535. The van der Waals surface area contributed by atoms with Crippen molar-refractivity contribution in [2.75, 3.05) is 0 Å². The normalized spacial score (nSPS) is 9.61. The maximum Gasteiger partial charge on any atom is 0.307 e. The van der Waals surface area contributed by atoms with E-state index in [-0.39, 0.29) is 13.8 Å². The lowest BCUT2D eigenvalue weighted by molar-refractivity contribution is -0.136. The maximum atomic E-state index is 13.8. The molecule has 0 aromatic heterocycles. The van der Waals surface area contributed by atoms with Crippen molar-refractivity contribution in [3.63, 3.8) is 0 Å². The Balaban J connectivity index is 0.00000162. The molecule has 0 aliphatic rings. The van der Waals surface area contributed by atoms with Gasteiger partial charge in [0.1, 0.15) is 5.82 Å². The van der Waals surface area contributed by atoms with Crippen molar-refractivity contribution in [3.05, 3.63) is 59.9 Å². The molecule has 2 rings (SSSR count). The highest BCUT2D eigenvalue weighted by Gasteiger charge is 2.07. The lowest BCUT2D eigenvalue weighted by Gasteiger charge is -2.05.